The number of nitrogens with two attached hydrogens (primary N) is 1. The van der Waals surface area contributed by atoms with E-state index >= 15 is 0 Å². The molecule has 0 aliphatic rings. The number of nitrogens with zero attached hydrogens (tertiary/aromatic N) is 1. The highest BCUT2D eigenvalue weighted by Gasteiger charge is 2.10. The Hall–Kier alpha value is -1.68. The molecule has 5 heteroatoms. The van der Waals surface area contributed by atoms with Crippen molar-refractivity contribution in [3.05, 3.63) is 35.0 Å². The third kappa shape index (κ3) is 1.20. The van der Waals surface area contributed by atoms with Gasteiger partial charge in [-0.15, -0.1) is 0 Å². The lowest BCUT2D eigenvalue weighted by Gasteiger charge is -1.97. The van der Waals surface area contributed by atoms with E-state index in [1.54, 1.807) is 12.3 Å². The minimum atomic E-state index is 0.0457. The second-order valence-corrected chi connectivity index (χ2v) is 3.26. The number of H-pyrrole nitrogens is 1. The van der Waals surface area contributed by atoms with E-state index in [4.69, 9.17) is 22.5 Å². The molecule has 4 N–H and O–H groups in total. The molecule has 0 fully saturated rings. The van der Waals surface area contributed by atoms with Gasteiger partial charge in [-0.1, -0.05) is 22.8 Å². The van der Waals surface area contributed by atoms with Crippen molar-refractivity contribution >= 4 is 28.3 Å². The lowest BCUT2D eigenvalue weighted by Crippen LogP contribution is -2.12. The Kier molecular flexibility index (Phi) is 2.05. The van der Waals surface area contributed by atoms with Gasteiger partial charge in [-0.3, -0.25) is 0 Å². The van der Waals surface area contributed by atoms with Crippen molar-refractivity contribution in [2.45, 2.75) is 0 Å². The van der Waals surface area contributed by atoms with E-state index in [0.717, 1.165) is 10.9 Å². The molecule has 0 unspecified atom stereocenters. The van der Waals surface area contributed by atoms with Gasteiger partial charge in [0.05, 0.1) is 5.02 Å². The van der Waals surface area contributed by atoms with E-state index in [9.17, 15) is 0 Å². The number of halogens is 1. The first-order chi connectivity index (χ1) is 6.74. The van der Waals surface area contributed by atoms with Gasteiger partial charge in [-0.05, 0) is 12.1 Å². The number of rotatable bonds is 1. The first-order valence-electron chi connectivity index (χ1n) is 3.97. The third-order valence-electron chi connectivity index (χ3n) is 2.04. The van der Waals surface area contributed by atoms with E-state index in [2.05, 4.69) is 10.1 Å². The summed E-state index contributed by atoms with van der Waals surface area (Å²) in [6, 6.07) is 5.46. The van der Waals surface area contributed by atoms with Crippen LogP contribution in [0, 0.1) is 0 Å². The van der Waals surface area contributed by atoms with Gasteiger partial charge in [-0.25, -0.2) is 0 Å². The van der Waals surface area contributed by atoms with Crippen LogP contribution in [0.5, 0.6) is 0 Å². The van der Waals surface area contributed by atoms with E-state index in [-0.39, 0.29) is 5.84 Å². The lowest BCUT2D eigenvalue weighted by molar-refractivity contribution is 0.318. The van der Waals surface area contributed by atoms with Crippen molar-refractivity contribution in [1.82, 2.24) is 4.98 Å². The van der Waals surface area contributed by atoms with Gasteiger partial charge in [0.15, 0.2) is 5.84 Å². The van der Waals surface area contributed by atoms with Crippen LogP contribution < -0.4 is 5.73 Å². The van der Waals surface area contributed by atoms with Crippen LogP contribution in [0.4, 0.5) is 0 Å². The SMILES string of the molecule is N/C(=N/O)c1c[nH]c2cccc(Cl)c12. The summed E-state index contributed by atoms with van der Waals surface area (Å²) in [6.07, 6.45) is 1.66. The number of amidine groups is 1. The van der Waals surface area contributed by atoms with Crippen LogP contribution in [0.15, 0.2) is 29.6 Å². The summed E-state index contributed by atoms with van der Waals surface area (Å²) in [7, 11) is 0. The standard InChI is InChI=1S/C9H8ClN3O/c10-6-2-1-3-7-8(6)5(4-12-7)9(11)13-14/h1-4,12,14H,(H2,11,13). The van der Waals surface area contributed by atoms with Crippen LogP contribution in [0.25, 0.3) is 10.9 Å². The van der Waals surface area contributed by atoms with Gasteiger partial charge in [0.2, 0.25) is 0 Å². The van der Waals surface area contributed by atoms with E-state index in [1.807, 2.05) is 12.1 Å². The molecule has 1 heterocycles. The zero-order chi connectivity index (χ0) is 10.1. The molecule has 0 saturated heterocycles. The predicted octanol–water partition coefficient (Wildman–Crippen LogP) is 1.92. The maximum absolute atomic E-state index is 8.56. The zero-order valence-corrected chi connectivity index (χ0v) is 7.92. The third-order valence-corrected chi connectivity index (χ3v) is 2.35. The molecule has 2 aromatic rings. The number of benzene rings is 1. The van der Waals surface area contributed by atoms with Crippen LogP contribution in [-0.4, -0.2) is 16.0 Å². The number of aromatic nitrogens is 1. The van der Waals surface area contributed by atoms with Gasteiger partial charge in [-0.2, -0.15) is 0 Å². The molecule has 0 amide bonds. The summed E-state index contributed by atoms with van der Waals surface area (Å²) in [6.45, 7) is 0. The summed E-state index contributed by atoms with van der Waals surface area (Å²) >= 11 is 5.99. The van der Waals surface area contributed by atoms with Crippen LogP contribution in [0.1, 0.15) is 5.56 Å². The number of oxime groups is 1. The van der Waals surface area contributed by atoms with Gasteiger partial charge in [0.1, 0.15) is 0 Å². The summed E-state index contributed by atoms with van der Waals surface area (Å²) in [5, 5.41) is 12.8. The second-order valence-electron chi connectivity index (χ2n) is 2.85. The van der Waals surface area contributed by atoms with Gasteiger partial charge >= 0.3 is 0 Å². The molecule has 0 atom stereocenters. The number of aromatic amines is 1. The van der Waals surface area contributed by atoms with Crippen molar-refractivity contribution in [3.8, 4) is 0 Å². The molecule has 0 spiro atoms. The Morgan fingerprint density at radius 3 is 3.00 bits per heavy atom. The molecule has 0 aliphatic carbocycles. The first kappa shape index (κ1) is 8.90. The fourth-order valence-electron chi connectivity index (χ4n) is 1.40. The fourth-order valence-corrected chi connectivity index (χ4v) is 1.67. The Labute approximate surface area is 85.0 Å². The van der Waals surface area contributed by atoms with Crippen LogP contribution >= 0.6 is 11.6 Å². The van der Waals surface area contributed by atoms with Gasteiger partial charge < -0.3 is 15.9 Å². The summed E-state index contributed by atoms with van der Waals surface area (Å²) in [4.78, 5) is 2.99. The highest BCUT2D eigenvalue weighted by molar-refractivity contribution is 6.36. The molecule has 0 radical (unpaired) electrons. The normalized spacial score (nSPS) is 12.2. The number of hydrogen-bond acceptors (Lipinski definition) is 2. The number of fused-ring (bicyclic) bond motifs is 1. The fraction of sp³-hybridized carbons (Fsp3) is 0. The van der Waals surface area contributed by atoms with Crippen LogP contribution in [0.3, 0.4) is 0 Å². The summed E-state index contributed by atoms with van der Waals surface area (Å²) in [5.74, 6) is 0.0457. The van der Waals surface area contributed by atoms with E-state index in [1.165, 1.54) is 0 Å². The molecular formula is C9H8ClN3O. The monoisotopic (exact) mass is 209 g/mol. The maximum atomic E-state index is 8.56. The predicted molar refractivity (Wildman–Crippen MR) is 55.8 cm³/mol. The van der Waals surface area contributed by atoms with Gasteiger partial charge in [0.25, 0.3) is 0 Å². The average molecular weight is 210 g/mol. The number of nitrogens with one attached hydrogen (secondary N) is 1. The largest absolute Gasteiger partial charge is 0.409 e. The first-order valence-corrected chi connectivity index (χ1v) is 4.35. The van der Waals surface area contributed by atoms with Crippen molar-refractivity contribution in [2.24, 2.45) is 10.9 Å². The highest BCUT2D eigenvalue weighted by atomic mass is 35.5. The quantitative estimate of drug-likeness (QED) is 0.291. The molecule has 2 rings (SSSR count). The van der Waals surface area contributed by atoms with Crippen LogP contribution in [0.2, 0.25) is 5.02 Å². The molecule has 1 aromatic carbocycles. The topological polar surface area (TPSA) is 74.4 Å². The van der Waals surface area contributed by atoms with Crippen molar-refractivity contribution in [3.63, 3.8) is 0 Å². The average Bonchev–Trinajstić information content (AvgIpc) is 2.62. The van der Waals surface area contributed by atoms with Crippen molar-refractivity contribution in [2.75, 3.05) is 0 Å². The second kappa shape index (κ2) is 3.23. The number of hydrogen-bond donors (Lipinski definition) is 3. The molecule has 72 valence electrons. The Morgan fingerprint density at radius 1 is 1.50 bits per heavy atom. The van der Waals surface area contributed by atoms with Gasteiger partial charge in [0, 0.05) is 22.7 Å². The minimum Gasteiger partial charge on any atom is -0.409 e. The molecule has 14 heavy (non-hydrogen) atoms. The Bertz CT molecular complexity index is 504. The lowest BCUT2D eigenvalue weighted by atomic mass is 10.1. The smallest absolute Gasteiger partial charge is 0.172 e. The van der Waals surface area contributed by atoms with Crippen LogP contribution in [-0.2, 0) is 0 Å². The Balaban J connectivity index is 2.80. The molecule has 0 bridgehead atoms. The summed E-state index contributed by atoms with van der Waals surface area (Å²) < 4.78 is 0. The zero-order valence-electron chi connectivity index (χ0n) is 7.16. The molecule has 0 aliphatic heterocycles. The molecular weight excluding hydrogens is 202 g/mol. The van der Waals surface area contributed by atoms with E-state index < -0.39 is 0 Å². The molecule has 0 saturated carbocycles. The Morgan fingerprint density at radius 2 is 2.29 bits per heavy atom. The maximum Gasteiger partial charge on any atom is 0.172 e. The summed E-state index contributed by atoms with van der Waals surface area (Å²) in [5.41, 5.74) is 6.96. The molecule has 4 nitrogen and oxygen atoms in total. The molecule has 1 aromatic heterocycles. The van der Waals surface area contributed by atoms with Crippen molar-refractivity contribution < 1.29 is 5.21 Å². The minimum absolute atomic E-state index is 0.0457. The van der Waals surface area contributed by atoms with Crippen molar-refractivity contribution in [1.29, 1.82) is 0 Å². The van der Waals surface area contributed by atoms with E-state index in [0.29, 0.717) is 10.6 Å². The highest BCUT2D eigenvalue weighted by Crippen LogP contribution is 2.26.